The minimum Gasteiger partial charge on any atom is -0.390 e. The molecule has 0 spiro atoms. The number of nitrogens with zero attached hydrogens (tertiary/aromatic N) is 1. The highest BCUT2D eigenvalue weighted by Gasteiger charge is 2.56. The quantitative estimate of drug-likeness (QED) is 0.880. The van der Waals surface area contributed by atoms with E-state index in [9.17, 15) is 5.11 Å². The van der Waals surface area contributed by atoms with E-state index in [4.69, 9.17) is 4.74 Å². The fraction of sp³-hybridized carbons (Fsp3) is 0.684. The van der Waals surface area contributed by atoms with Crippen molar-refractivity contribution in [3.05, 3.63) is 29.3 Å². The van der Waals surface area contributed by atoms with E-state index < -0.39 is 5.60 Å². The van der Waals surface area contributed by atoms with Crippen LogP contribution in [0.2, 0.25) is 0 Å². The second-order valence-electron chi connectivity index (χ2n) is 8.18. The first-order chi connectivity index (χ1) is 10.9. The predicted octanol–water partition coefficient (Wildman–Crippen LogP) is 2.53. The minimum absolute atomic E-state index is 0.200. The average Bonchev–Trinajstić information content (AvgIpc) is 2.92. The number of benzene rings is 1. The van der Waals surface area contributed by atoms with Gasteiger partial charge in [0.1, 0.15) is 5.60 Å². The minimum atomic E-state index is -0.697. The molecule has 1 aliphatic carbocycles. The molecule has 126 valence electrons. The van der Waals surface area contributed by atoms with Crippen molar-refractivity contribution in [1.29, 1.82) is 0 Å². The lowest BCUT2D eigenvalue weighted by molar-refractivity contribution is -0.160. The molecule has 23 heavy (non-hydrogen) atoms. The number of rotatable bonds is 2. The first-order valence-electron chi connectivity index (χ1n) is 8.72. The van der Waals surface area contributed by atoms with Crippen LogP contribution in [0.4, 0.5) is 5.69 Å². The highest BCUT2D eigenvalue weighted by molar-refractivity contribution is 5.64. The number of fused-ring (bicyclic) bond motifs is 2. The molecule has 3 aliphatic rings. The first-order valence-corrected chi connectivity index (χ1v) is 8.72. The number of hydrogen-bond donors (Lipinski definition) is 2. The van der Waals surface area contributed by atoms with Crippen LogP contribution in [0.5, 0.6) is 0 Å². The summed E-state index contributed by atoms with van der Waals surface area (Å²) in [7, 11) is 4.03. The number of methoxy groups -OCH3 is 1. The van der Waals surface area contributed by atoms with Gasteiger partial charge in [-0.05, 0) is 50.9 Å². The number of aliphatic hydroxyl groups is 1. The van der Waals surface area contributed by atoms with Crippen LogP contribution in [0.1, 0.15) is 43.7 Å². The van der Waals surface area contributed by atoms with Gasteiger partial charge >= 0.3 is 0 Å². The lowest BCUT2D eigenvalue weighted by atomic mass is 9.63. The molecule has 0 amide bonds. The Labute approximate surface area is 138 Å². The molecule has 1 aromatic carbocycles. The lowest BCUT2D eigenvalue weighted by Gasteiger charge is -2.56. The van der Waals surface area contributed by atoms with Crippen molar-refractivity contribution in [2.24, 2.45) is 5.92 Å². The SMILES string of the molecule is CO[C@]12CC(C(C)(C)O)CN(C)[C@@H]1CC1CNc3cccc2c31. The van der Waals surface area contributed by atoms with E-state index in [-0.39, 0.29) is 11.5 Å². The third kappa shape index (κ3) is 2.08. The summed E-state index contributed by atoms with van der Waals surface area (Å²) in [5.74, 6) is 0.779. The normalized spacial score (nSPS) is 36.3. The van der Waals surface area contributed by atoms with Gasteiger partial charge in [-0.2, -0.15) is 0 Å². The number of likely N-dealkylation sites (tertiary alicyclic amines) is 1. The summed E-state index contributed by atoms with van der Waals surface area (Å²) >= 11 is 0. The Morgan fingerprint density at radius 1 is 1.39 bits per heavy atom. The van der Waals surface area contributed by atoms with Gasteiger partial charge in [0, 0.05) is 43.8 Å². The van der Waals surface area contributed by atoms with E-state index in [2.05, 4.69) is 35.5 Å². The fourth-order valence-corrected chi connectivity index (χ4v) is 5.19. The number of hydrogen-bond acceptors (Lipinski definition) is 4. The Kier molecular flexibility index (Phi) is 3.32. The summed E-state index contributed by atoms with van der Waals surface area (Å²) in [6, 6.07) is 6.94. The number of piperidine rings is 1. The van der Waals surface area contributed by atoms with E-state index in [1.807, 2.05) is 21.0 Å². The molecule has 0 saturated carbocycles. The Bertz CT molecular complexity index is 624. The maximum absolute atomic E-state index is 10.6. The molecule has 2 heterocycles. The van der Waals surface area contributed by atoms with Gasteiger partial charge in [0.2, 0.25) is 0 Å². The zero-order valence-electron chi connectivity index (χ0n) is 14.6. The number of ether oxygens (including phenoxy) is 1. The molecule has 4 nitrogen and oxygen atoms in total. The summed E-state index contributed by atoms with van der Waals surface area (Å²) in [5, 5.41) is 14.2. The molecule has 0 bridgehead atoms. The molecular weight excluding hydrogens is 288 g/mol. The van der Waals surface area contributed by atoms with Crippen molar-refractivity contribution in [3.63, 3.8) is 0 Å². The number of likely N-dealkylation sites (N-methyl/N-ethyl adjacent to an activating group) is 1. The van der Waals surface area contributed by atoms with Crippen LogP contribution < -0.4 is 5.32 Å². The standard InChI is InChI=1S/C19H28N2O2/c1-18(2,22)13-9-19(23-4)14-6-5-7-15-17(14)12(10-20-15)8-16(19)21(3)11-13/h5-7,12-13,16,20,22H,8-11H2,1-4H3/t12?,13?,16-,19+/m1/s1. The molecule has 4 heteroatoms. The second kappa shape index (κ2) is 4.95. The molecule has 1 fully saturated rings. The van der Waals surface area contributed by atoms with Gasteiger partial charge in [-0.15, -0.1) is 0 Å². The number of nitrogens with one attached hydrogen (secondary N) is 1. The van der Waals surface area contributed by atoms with Crippen LogP contribution in [-0.2, 0) is 10.3 Å². The van der Waals surface area contributed by atoms with Gasteiger partial charge in [0.05, 0.1) is 5.60 Å². The van der Waals surface area contributed by atoms with Crippen molar-refractivity contribution in [3.8, 4) is 0 Å². The molecule has 4 rings (SSSR count). The van der Waals surface area contributed by atoms with Crippen LogP contribution >= 0.6 is 0 Å². The van der Waals surface area contributed by atoms with Crippen LogP contribution in [0.3, 0.4) is 0 Å². The lowest BCUT2D eigenvalue weighted by Crippen LogP contribution is -2.62. The van der Waals surface area contributed by atoms with Gasteiger partial charge in [-0.3, -0.25) is 4.90 Å². The third-order valence-electron chi connectivity index (χ3n) is 6.51. The Hall–Kier alpha value is -1.10. The largest absolute Gasteiger partial charge is 0.390 e. The van der Waals surface area contributed by atoms with Gasteiger partial charge in [0.15, 0.2) is 0 Å². The molecule has 4 atom stereocenters. The van der Waals surface area contributed by atoms with E-state index in [0.717, 1.165) is 25.9 Å². The molecule has 2 aliphatic heterocycles. The summed E-state index contributed by atoms with van der Waals surface area (Å²) < 4.78 is 6.26. The van der Waals surface area contributed by atoms with E-state index >= 15 is 0 Å². The van der Waals surface area contributed by atoms with Gasteiger partial charge in [-0.1, -0.05) is 12.1 Å². The van der Waals surface area contributed by atoms with Crippen molar-refractivity contribution in [2.75, 3.05) is 32.6 Å². The van der Waals surface area contributed by atoms with Crippen LogP contribution in [0.15, 0.2) is 18.2 Å². The van der Waals surface area contributed by atoms with E-state index in [0.29, 0.717) is 12.0 Å². The van der Waals surface area contributed by atoms with Crippen LogP contribution in [0, 0.1) is 5.92 Å². The molecule has 0 radical (unpaired) electrons. The summed E-state index contributed by atoms with van der Waals surface area (Å²) in [6.45, 7) is 5.81. The van der Waals surface area contributed by atoms with Crippen molar-refractivity contribution in [2.45, 2.75) is 49.9 Å². The predicted molar refractivity (Wildman–Crippen MR) is 91.8 cm³/mol. The highest BCUT2D eigenvalue weighted by Crippen LogP contribution is 2.55. The van der Waals surface area contributed by atoms with Crippen molar-refractivity contribution in [1.82, 2.24) is 4.90 Å². The molecule has 1 saturated heterocycles. The zero-order valence-corrected chi connectivity index (χ0v) is 14.6. The van der Waals surface area contributed by atoms with E-state index in [1.54, 1.807) is 0 Å². The smallest absolute Gasteiger partial charge is 0.109 e. The first kappa shape index (κ1) is 15.4. The topological polar surface area (TPSA) is 44.7 Å². The molecule has 0 aromatic heterocycles. The van der Waals surface area contributed by atoms with E-state index in [1.165, 1.54) is 16.8 Å². The molecule has 1 aromatic rings. The third-order valence-corrected chi connectivity index (χ3v) is 6.51. The maximum atomic E-state index is 10.6. The second-order valence-corrected chi connectivity index (χ2v) is 8.18. The van der Waals surface area contributed by atoms with Crippen LogP contribution in [0.25, 0.3) is 0 Å². The molecular formula is C19H28N2O2. The van der Waals surface area contributed by atoms with Gasteiger partial charge in [0.25, 0.3) is 0 Å². The van der Waals surface area contributed by atoms with Crippen molar-refractivity contribution < 1.29 is 9.84 Å². The Morgan fingerprint density at radius 2 is 2.17 bits per heavy atom. The van der Waals surface area contributed by atoms with Crippen molar-refractivity contribution >= 4 is 5.69 Å². The monoisotopic (exact) mass is 316 g/mol. The maximum Gasteiger partial charge on any atom is 0.109 e. The van der Waals surface area contributed by atoms with Gasteiger partial charge < -0.3 is 15.2 Å². The summed E-state index contributed by atoms with van der Waals surface area (Å²) in [4.78, 5) is 2.42. The Morgan fingerprint density at radius 3 is 2.87 bits per heavy atom. The fourth-order valence-electron chi connectivity index (χ4n) is 5.19. The highest BCUT2D eigenvalue weighted by atomic mass is 16.5. The average molecular weight is 316 g/mol. The van der Waals surface area contributed by atoms with Gasteiger partial charge in [-0.25, -0.2) is 0 Å². The number of anilines is 1. The molecule has 2 unspecified atom stereocenters. The Balaban J connectivity index is 1.86. The zero-order chi connectivity index (χ0) is 16.4. The van der Waals surface area contributed by atoms with Crippen LogP contribution in [-0.4, -0.2) is 48.9 Å². The molecule has 2 N–H and O–H groups in total. The summed E-state index contributed by atoms with van der Waals surface area (Å²) in [5.41, 5.74) is 3.05. The summed E-state index contributed by atoms with van der Waals surface area (Å²) in [6.07, 6.45) is 2.01.